The highest BCUT2D eigenvalue weighted by Crippen LogP contribution is 2.23. The summed E-state index contributed by atoms with van der Waals surface area (Å²) in [7, 11) is 0. The zero-order valence-electron chi connectivity index (χ0n) is 12.3. The average molecular weight is 287 g/mol. The Bertz CT molecular complexity index is 533. The number of ether oxygens (including phenoxy) is 1. The van der Waals surface area contributed by atoms with Crippen LogP contribution in [0.3, 0.4) is 0 Å². The van der Waals surface area contributed by atoms with Gasteiger partial charge in [0.05, 0.1) is 12.2 Å². The summed E-state index contributed by atoms with van der Waals surface area (Å²) in [6, 6.07) is 7.15. The van der Waals surface area contributed by atoms with Crippen molar-refractivity contribution in [2.45, 2.75) is 31.8 Å². The number of carbonyl (C=O) groups excluding carboxylic acids is 1. The summed E-state index contributed by atoms with van der Waals surface area (Å²) in [6.07, 6.45) is 2.49. The van der Waals surface area contributed by atoms with E-state index in [4.69, 9.17) is 9.84 Å². The first kappa shape index (κ1) is 15.6. The Morgan fingerprint density at radius 1 is 1.43 bits per heavy atom. The van der Waals surface area contributed by atoms with Crippen LogP contribution in [0, 0.1) is 11.8 Å². The molecule has 1 aromatic rings. The normalized spacial score (nSPS) is 20.7. The Labute approximate surface area is 125 Å². The molecular formula is C17H21NO3. The molecule has 1 atom stereocenters. The highest BCUT2D eigenvalue weighted by Gasteiger charge is 2.30. The number of aliphatic hydroxyl groups excluding tert-OH is 1. The maximum absolute atomic E-state index is 12.1. The smallest absolute Gasteiger partial charge is 0.251 e. The molecule has 4 heteroatoms. The summed E-state index contributed by atoms with van der Waals surface area (Å²) in [4.78, 5) is 12.1. The quantitative estimate of drug-likeness (QED) is 0.829. The first-order chi connectivity index (χ1) is 10.1. The van der Waals surface area contributed by atoms with Gasteiger partial charge in [-0.1, -0.05) is 11.8 Å². The van der Waals surface area contributed by atoms with Crippen molar-refractivity contribution in [2.75, 3.05) is 19.8 Å². The van der Waals surface area contributed by atoms with E-state index in [0.717, 1.165) is 25.0 Å². The molecule has 0 saturated carbocycles. The Balaban J connectivity index is 1.89. The van der Waals surface area contributed by atoms with E-state index in [0.29, 0.717) is 18.5 Å². The van der Waals surface area contributed by atoms with Crippen LogP contribution in [0.1, 0.15) is 42.1 Å². The topological polar surface area (TPSA) is 58.6 Å². The van der Waals surface area contributed by atoms with Crippen molar-refractivity contribution >= 4 is 5.91 Å². The molecular weight excluding hydrogens is 266 g/mol. The molecule has 4 nitrogen and oxygen atoms in total. The van der Waals surface area contributed by atoms with E-state index >= 15 is 0 Å². The maximum atomic E-state index is 12.1. The fraction of sp³-hybridized carbons (Fsp3) is 0.471. The van der Waals surface area contributed by atoms with Gasteiger partial charge in [-0.25, -0.2) is 0 Å². The lowest BCUT2D eigenvalue weighted by Crippen LogP contribution is -2.40. The summed E-state index contributed by atoms with van der Waals surface area (Å²) >= 11 is 0. The molecule has 1 amide bonds. The lowest BCUT2D eigenvalue weighted by atomic mass is 10.0. The molecule has 1 saturated heterocycles. The largest absolute Gasteiger partial charge is 0.395 e. The highest BCUT2D eigenvalue weighted by atomic mass is 16.5. The van der Waals surface area contributed by atoms with Crippen LogP contribution in [0.5, 0.6) is 0 Å². The molecule has 1 fully saturated rings. The van der Waals surface area contributed by atoms with Gasteiger partial charge in [-0.3, -0.25) is 4.79 Å². The third-order valence-electron chi connectivity index (χ3n) is 3.54. The first-order valence-electron chi connectivity index (χ1n) is 7.25. The van der Waals surface area contributed by atoms with Gasteiger partial charge in [0.15, 0.2) is 0 Å². The Morgan fingerprint density at radius 2 is 2.19 bits per heavy atom. The van der Waals surface area contributed by atoms with Gasteiger partial charge in [0, 0.05) is 30.7 Å². The van der Waals surface area contributed by atoms with E-state index in [2.05, 4.69) is 17.2 Å². The lowest BCUT2D eigenvalue weighted by molar-refractivity contribution is 0.0206. The zero-order chi connectivity index (χ0) is 15.1. The van der Waals surface area contributed by atoms with Crippen molar-refractivity contribution in [3.8, 4) is 11.8 Å². The van der Waals surface area contributed by atoms with E-state index in [-0.39, 0.29) is 18.1 Å². The Hall–Kier alpha value is -1.83. The van der Waals surface area contributed by atoms with Gasteiger partial charge in [-0.2, -0.15) is 0 Å². The number of nitrogens with one attached hydrogen (secondary N) is 1. The minimum Gasteiger partial charge on any atom is -0.395 e. The molecule has 112 valence electrons. The summed E-state index contributed by atoms with van der Waals surface area (Å²) in [5.74, 6) is 5.69. The molecule has 1 aliphatic heterocycles. The SMILES string of the molecule is CC1(CNC(=O)c2ccc(C#CCCO)cc2)CCCO1. The average Bonchev–Trinajstić information content (AvgIpc) is 2.93. The predicted molar refractivity (Wildman–Crippen MR) is 80.9 cm³/mol. The Morgan fingerprint density at radius 3 is 2.81 bits per heavy atom. The molecule has 1 aliphatic rings. The van der Waals surface area contributed by atoms with Crippen LogP contribution in [0.2, 0.25) is 0 Å². The van der Waals surface area contributed by atoms with Crippen molar-refractivity contribution in [3.05, 3.63) is 35.4 Å². The lowest BCUT2D eigenvalue weighted by Gasteiger charge is -2.23. The van der Waals surface area contributed by atoms with Crippen LogP contribution in [-0.4, -0.2) is 36.4 Å². The number of aliphatic hydroxyl groups is 1. The summed E-state index contributed by atoms with van der Waals surface area (Å²) in [5.41, 5.74) is 1.22. The summed E-state index contributed by atoms with van der Waals surface area (Å²) in [5, 5.41) is 11.6. The number of benzene rings is 1. The van der Waals surface area contributed by atoms with Crippen LogP contribution in [0.25, 0.3) is 0 Å². The molecule has 0 spiro atoms. The second kappa shape index (κ2) is 7.26. The van der Waals surface area contributed by atoms with E-state index in [1.165, 1.54) is 0 Å². The minimum atomic E-state index is -0.231. The third kappa shape index (κ3) is 4.59. The molecule has 2 rings (SSSR count). The van der Waals surface area contributed by atoms with E-state index in [1.54, 1.807) is 12.1 Å². The van der Waals surface area contributed by atoms with Gasteiger partial charge in [0.2, 0.25) is 0 Å². The van der Waals surface area contributed by atoms with Crippen molar-refractivity contribution in [1.82, 2.24) is 5.32 Å². The van der Waals surface area contributed by atoms with E-state index in [9.17, 15) is 4.79 Å². The van der Waals surface area contributed by atoms with Crippen molar-refractivity contribution in [1.29, 1.82) is 0 Å². The second-order valence-electron chi connectivity index (χ2n) is 5.44. The molecule has 0 aromatic heterocycles. The molecule has 1 heterocycles. The van der Waals surface area contributed by atoms with Gasteiger partial charge in [-0.15, -0.1) is 0 Å². The molecule has 1 aromatic carbocycles. The van der Waals surface area contributed by atoms with Crippen molar-refractivity contribution in [3.63, 3.8) is 0 Å². The van der Waals surface area contributed by atoms with Gasteiger partial charge in [0.25, 0.3) is 5.91 Å². The van der Waals surface area contributed by atoms with Gasteiger partial charge >= 0.3 is 0 Å². The van der Waals surface area contributed by atoms with Crippen LogP contribution >= 0.6 is 0 Å². The van der Waals surface area contributed by atoms with Crippen LogP contribution in [-0.2, 0) is 4.74 Å². The molecule has 0 bridgehead atoms. The van der Waals surface area contributed by atoms with Crippen molar-refractivity contribution in [2.24, 2.45) is 0 Å². The number of hydrogen-bond acceptors (Lipinski definition) is 3. The maximum Gasteiger partial charge on any atom is 0.251 e. The fourth-order valence-corrected chi connectivity index (χ4v) is 2.27. The highest BCUT2D eigenvalue weighted by molar-refractivity contribution is 5.94. The van der Waals surface area contributed by atoms with E-state index < -0.39 is 0 Å². The van der Waals surface area contributed by atoms with Gasteiger partial charge in [-0.05, 0) is 44.0 Å². The number of rotatable bonds is 4. The van der Waals surface area contributed by atoms with Crippen LogP contribution < -0.4 is 5.32 Å². The minimum absolute atomic E-state index is 0.0638. The number of hydrogen-bond donors (Lipinski definition) is 2. The predicted octanol–water partition coefficient (Wildman–Crippen LogP) is 1.72. The van der Waals surface area contributed by atoms with Crippen LogP contribution in [0.4, 0.5) is 0 Å². The van der Waals surface area contributed by atoms with Gasteiger partial charge < -0.3 is 15.2 Å². The summed E-state index contributed by atoms with van der Waals surface area (Å²) < 4.78 is 5.65. The summed E-state index contributed by atoms with van der Waals surface area (Å²) in [6.45, 7) is 3.39. The molecule has 2 N–H and O–H groups in total. The fourth-order valence-electron chi connectivity index (χ4n) is 2.27. The third-order valence-corrected chi connectivity index (χ3v) is 3.54. The number of carbonyl (C=O) groups is 1. The molecule has 0 radical (unpaired) electrons. The second-order valence-corrected chi connectivity index (χ2v) is 5.44. The van der Waals surface area contributed by atoms with E-state index in [1.807, 2.05) is 19.1 Å². The number of amides is 1. The standard InChI is InChI=1S/C17H21NO3/c1-17(10-4-12-21-17)13-18-16(20)15-8-6-14(7-9-15)5-2-3-11-19/h6-9,19H,3-4,10-13H2,1H3,(H,18,20). The zero-order valence-corrected chi connectivity index (χ0v) is 12.3. The Kier molecular flexibility index (Phi) is 5.38. The van der Waals surface area contributed by atoms with Crippen molar-refractivity contribution < 1.29 is 14.6 Å². The monoisotopic (exact) mass is 287 g/mol. The molecule has 0 aliphatic carbocycles. The van der Waals surface area contributed by atoms with Gasteiger partial charge in [0.1, 0.15) is 0 Å². The molecule has 1 unspecified atom stereocenters. The van der Waals surface area contributed by atoms with Crippen LogP contribution in [0.15, 0.2) is 24.3 Å². The first-order valence-corrected chi connectivity index (χ1v) is 7.25. The molecule has 21 heavy (non-hydrogen) atoms.